The van der Waals surface area contributed by atoms with Gasteiger partial charge in [-0.15, -0.1) is 0 Å². The third-order valence-electron chi connectivity index (χ3n) is 6.95. The lowest BCUT2D eigenvalue weighted by Gasteiger charge is -2.15. The molecule has 0 unspecified atom stereocenters. The van der Waals surface area contributed by atoms with E-state index >= 15 is 0 Å². The van der Waals surface area contributed by atoms with E-state index < -0.39 is 11.9 Å². The highest BCUT2D eigenvalue weighted by Crippen LogP contribution is 2.40. The number of carbonyl (C=O) groups excluding carboxylic acids is 2. The number of H-pyrrole nitrogens is 1. The van der Waals surface area contributed by atoms with Gasteiger partial charge in [-0.3, -0.25) is 4.79 Å². The Morgan fingerprint density at radius 1 is 0.936 bits per heavy atom. The van der Waals surface area contributed by atoms with E-state index in [1.807, 2.05) is 43.3 Å². The van der Waals surface area contributed by atoms with Crippen LogP contribution in [0.4, 0.5) is 0 Å². The molecule has 5 aromatic rings. The van der Waals surface area contributed by atoms with Crippen LogP contribution in [0.25, 0.3) is 22.0 Å². The average molecular weight is 786 g/mol. The highest BCUT2D eigenvalue weighted by atomic mass is 79.9. The van der Waals surface area contributed by atoms with Crippen molar-refractivity contribution < 1.29 is 33.3 Å². The molecule has 242 valence electrons. The Kier molecular flexibility index (Phi) is 10.7. The molecule has 0 saturated heterocycles. The van der Waals surface area contributed by atoms with Crippen molar-refractivity contribution in [1.29, 1.82) is 0 Å². The van der Waals surface area contributed by atoms with Gasteiger partial charge in [-0.2, -0.15) is 5.10 Å². The number of benzene rings is 4. The van der Waals surface area contributed by atoms with Gasteiger partial charge in [-0.25, -0.2) is 10.2 Å². The molecular weight excluding hydrogens is 758 g/mol. The molecule has 47 heavy (non-hydrogen) atoms. The minimum atomic E-state index is -0.695. The van der Waals surface area contributed by atoms with Crippen LogP contribution in [0, 0.1) is 0 Å². The fourth-order valence-corrected chi connectivity index (χ4v) is 6.46. The number of esters is 1. The Bertz CT molecular complexity index is 1990. The second-order valence-corrected chi connectivity index (χ2v) is 12.0. The summed E-state index contributed by atoms with van der Waals surface area (Å²) in [6.07, 6.45) is 1.37. The van der Waals surface area contributed by atoms with Crippen molar-refractivity contribution in [2.75, 3.05) is 27.9 Å². The summed E-state index contributed by atoms with van der Waals surface area (Å²) in [5, 5.41) is 5.44. The number of methoxy groups -OCH3 is 3. The van der Waals surface area contributed by atoms with Crippen molar-refractivity contribution in [1.82, 2.24) is 10.4 Å². The van der Waals surface area contributed by atoms with E-state index in [9.17, 15) is 9.59 Å². The summed E-state index contributed by atoms with van der Waals surface area (Å²) >= 11 is 13.5. The monoisotopic (exact) mass is 783 g/mol. The number of hydrogen-bond donors (Lipinski definition) is 2. The van der Waals surface area contributed by atoms with E-state index in [4.69, 9.17) is 35.3 Å². The normalized spacial score (nSPS) is 11.0. The fraction of sp³-hybridized carbons (Fsp3) is 0.147. The molecule has 10 nitrogen and oxygen atoms in total. The maximum atomic E-state index is 13.6. The van der Waals surface area contributed by atoms with Crippen LogP contribution in [-0.4, -0.2) is 51.0 Å². The van der Waals surface area contributed by atoms with E-state index in [0.717, 1.165) is 10.9 Å². The Morgan fingerprint density at radius 2 is 1.66 bits per heavy atom. The summed E-state index contributed by atoms with van der Waals surface area (Å²) in [6, 6.07) is 19.2. The lowest BCUT2D eigenvalue weighted by atomic mass is 10.0. The van der Waals surface area contributed by atoms with Crippen LogP contribution in [-0.2, 0) is 0 Å². The molecule has 0 aliphatic heterocycles. The second kappa shape index (κ2) is 14.9. The summed E-state index contributed by atoms with van der Waals surface area (Å²) in [7, 11) is 4.37. The first-order valence-electron chi connectivity index (χ1n) is 14.1. The number of halogens is 3. The van der Waals surface area contributed by atoms with E-state index in [1.165, 1.54) is 39.7 Å². The molecule has 1 aromatic heterocycles. The molecule has 2 N–H and O–H groups in total. The molecule has 5 rings (SSSR count). The van der Waals surface area contributed by atoms with Gasteiger partial charge >= 0.3 is 5.97 Å². The highest BCUT2D eigenvalue weighted by Gasteiger charge is 2.23. The topological polar surface area (TPSA) is 120 Å². The molecule has 0 aliphatic rings. The Morgan fingerprint density at radius 3 is 2.32 bits per heavy atom. The van der Waals surface area contributed by atoms with E-state index in [1.54, 1.807) is 18.2 Å². The number of nitrogens with zero attached hydrogens (tertiary/aromatic N) is 1. The number of nitrogens with one attached hydrogen (secondary N) is 2. The van der Waals surface area contributed by atoms with Gasteiger partial charge in [0, 0.05) is 37.1 Å². The quantitative estimate of drug-likeness (QED) is 0.0597. The van der Waals surface area contributed by atoms with Gasteiger partial charge in [0.15, 0.2) is 17.2 Å². The van der Waals surface area contributed by atoms with Crippen molar-refractivity contribution in [3.63, 3.8) is 0 Å². The van der Waals surface area contributed by atoms with Gasteiger partial charge in [-0.05, 0) is 71.4 Å². The van der Waals surface area contributed by atoms with Crippen LogP contribution in [0.1, 0.15) is 33.3 Å². The molecule has 0 atom stereocenters. The lowest BCUT2D eigenvalue weighted by Crippen LogP contribution is -2.19. The standard InChI is InChI=1S/C34H28Br2ClN3O7/c1-5-46-21-10-11-26-23(16-21)29(22-8-6-7-9-25(22)37)30(39-26)33(41)40-38-17-19-12-20(35)15-24(36)31(19)47-34(42)18-13-27(43-2)32(45-4)28(14-18)44-3/h6-17,39H,5H2,1-4H3,(H,40,41). The molecular formula is C34H28Br2ClN3O7. The largest absolute Gasteiger partial charge is 0.494 e. The Balaban J connectivity index is 1.46. The van der Waals surface area contributed by atoms with Crippen LogP contribution in [0.3, 0.4) is 0 Å². The van der Waals surface area contributed by atoms with Crippen molar-refractivity contribution in [2.45, 2.75) is 6.92 Å². The van der Waals surface area contributed by atoms with E-state index in [2.05, 4.69) is 47.4 Å². The van der Waals surface area contributed by atoms with E-state index in [-0.39, 0.29) is 17.0 Å². The Hall–Kier alpha value is -4.52. The minimum absolute atomic E-state index is 0.156. The first kappa shape index (κ1) is 33.8. The van der Waals surface area contributed by atoms with Gasteiger partial charge in [0.1, 0.15) is 11.4 Å². The molecule has 0 bridgehead atoms. The summed E-state index contributed by atoms with van der Waals surface area (Å²) in [5.41, 5.74) is 5.36. The first-order chi connectivity index (χ1) is 22.7. The molecule has 1 amide bonds. The van der Waals surface area contributed by atoms with Crippen LogP contribution >= 0.6 is 43.5 Å². The number of amides is 1. The van der Waals surface area contributed by atoms with Gasteiger partial charge in [-0.1, -0.05) is 45.7 Å². The third kappa shape index (κ3) is 7.24. The molecule has 0 aliphatic carbocycles. The zero-order chi connectivity index (χ0) is 33.7. The summed E-state index contributed by atoms with van der Waals surface area (Å²) in [5.74, 6) is 0.528. The smallest absolute Gasteiger partial charge is 0.343 e. The van der Waals surface area contributed by atoms with E-state index in [0.29, 0.717) is 60.3 Å². The second-order valence-electron chi connectivity index (χ2n) is 9.80. The van der Waals surface area contributed by atoms with Crippen LogP contribution in [0.15, 0.2) is 80.8 Å². The number of hydrogen-bond acceptors (Lipinski definition) is 8. The SMILES string of the molecule is CCOc1ccc2[nH]c(C(=O)NN=Cc3cc(Br)cc(Br)c3OC(=O)c3cc(OC)c(OC)c(OC)c3)c(-c3ccccc3Cl)c2c1. The lowest BCUT2D eigenvalue weighted by molar-refractivity contribution is 0.0732. The summed E-state index contributed by atoms with van der Waals surface area (Å²) < 4.78 is 28.7. The molecule has 13 heteroatoms. The molecule has 1 heterocycles. The van der Waals surface area contributed by atoms with Crippen LogP contribution in [0.5, 0.6) is 28.7 Å². The minimum Gasteiger partial charge on any atom is -0.494 e. The predicted molar refractivity (Wildman–Crippen MR) is 188 cm³/mol. The highest BCUT2D eigenvalue weighted by molar-refractivity contribution is 9.11. The van der Waals surface area contributed by atoms with Gasteiger partial charge in [0.05, 0.1) is 44.2 Å². The zero-order valence-corrected chi connectivity index (χ0v) is 29.5. The number of hydrazone groups is 1. The van der Waals surface area contributed by atoms with Gasteiger partial charge < -0.3 is 28.7 Å². The number of carbonyl (C=O) groups is 2. The summed E-state index contributed by atoms with van der Waals surface area (Å²) in [4.78, 5) is 30.1. The average Bonchev–Trinajstić information content (AvgIpc) is 3.44. The molecule has 4 aromatic carbocycles. The molecule has 0 spiro atoms. The van der Waals surface area contributed by atoms with Crippen molar-refractivity contribution >= 4 is 72.5 Å². The maximum Gasteiger partial charge on any atom is 0.343 e. The fourth-order valence-electron chi connectivity index (χ4n) is 4.89. The maximum absolute atomic E-state index is 13.6. The van der Waals surface area contributed by atoms with Crippen LogP contribution in [0.2, 0.25) is 5.02 Å². The first-order valence-corrected chi connectivity index (χ1v) is 16.0. The van der Waals surface area contributed by atoms with Gasteiger partial charge in [0.2, 0.25) is 5.75 Å². The Labute approximate surface area is 292 Å². The van der Waals surface area contributed by atoms with Crippen LogP contribution < -0.4 is 29.1 Å². The number of aromatic amines is 1. The zero-order valence-electron chi connectivity index (χ0n) is 25.6. The number of rotatable bonds is 11. The predicted octanol–water partition coefficient (Wildman–Crippen LogP) is 8.42. The number of ether oxygens (including phenoxy) is 5. The third-order valence-corrected chi connectivity index (χ3v) is 8.33. The van der Waals surface area contributed by atoms with Crippen molar-refractivity contribution in [3.05, 3.63) is 97.5 Å². The van der Waals surface area contributed by atoms with Gasteiger partial charge in [0.25, 0.3) is 5.91 Å². The number of fused-ring (bicyclic) bond motifs is 1. The van der Waals surface area contributed by atoms with Crippen molar-refractivity contribution in [2.24, 2.45) is 5.10 Å². The molecule has 0 fully saturated rings. The van der Waals surface area contributed by atoms with Crippen molar-refractivity contribution in [3.8, 4) is 39.9 Å². The number of aromatic nitrogens is 1. The summed E-state index contributed by atoms with van der Waals surface area (Å²) in [6.45, 7) is 2.39. The molecule has 0 radical (unpaired) electrons. The molecule has 0 saturated carbocycles.